The van der Waals surface area contributed by atoms with E-state index in [9.17, 15) is 4.79 Å². The first-order chi connectivity index (χ1) is 13.6. The molecule has 1 amide bonds. The second kappa shape index (κ2) is 7.85. The number of hydrogen-bond donors (Lipinski definition) is 1. The lowest BCUT2D eigenvalue weighted by molar-refractivity contribution is 0.0714. The van der Waals surface area contributed by atoms with E-state index in [0.717, 1.165) is 11.3 Å². The Labute approximate surface area is 167 Å². The molecular formula is C19H19ClN6O2. The lowest BCUT2D eigenvalue weighted by atomic mass is 10.2. The number of anilines is 3. The summed E-state index contributed by atoms with van der Waals surface area (Å²) in [5.74, 6) is 1.39. The number of amides is 1. The lowest BCUT2D eigenvalue weighted by Crippen LogP contribution is -2.49. The highest BCUT2D eigenvalue weighted by molar-refractivity contribution is 6.30. The SMILES string of the molecule is Cc1cc(Cl)ccc1Nc1cnnc(N2CCN(C(=O)c3ccco3)CC2)n1. The third-order valence-corrected chi connectivity index (χ3v) is 4.82. The molecule has 0 radical (unpaired) electrons. The maximum Gasteiger partial charge on any atom is 0.289 e. The second-order valence-electron chi connectivity index (χ2n) is 6.48. The van der Waals surface area contributed by atoms with Crippen LogP contribution in [0.4, 0.5) is 17.5 Å². The molecule has 3 heterocycles. The average molecular weight is 399 g/mol. The van der Waals surface area contributed by atoms with E-state index in [0.29, 0.717) is 48.7 Å². The van der Waals surface area contributed by atoms with Gasteiger partial charge >= 0.3 is 0 Å². The number of aromatic nitrogens is 3. The van der Waals surface area contributed by atoms with E-state index < -0.39 is 0 Å². The summed E-state index contributed by atoms with van der Waals surface area (Å²) in [4.78, 5) is 20.7. The first kappa shape index (κ1) is 18.2. The molecule has 0 bridgehead atoms. The third kappa shape index (κ3) is 3.91. The van der Waals surface area contributed by atoms with Gasteiger partial charge in [0.2, 0.25) is 5.95 Å². The molecule has 1 fully saturated rings. The second-order valence-corrected chi connectivity index (χ2v) is 6.92. The predicted molar refractivity (Wildman–Crippen MR) is 106 cm³/mol. The highest BCUT2D eigenvalue weighted by Gasteiger charge is 2.25. The maximum atomic E-state index is 12.4. The van der Waals surface area contributed by atoms with Crippen LogP contribution in [0.3, 0.4) is 0 Å². The third-order valence-electron chi connectivity index (χ3n) is 4.58. The molecule has 0 atom stereocenters. The van der Waals surface area contributed by atoms with Crippen LogP contribution < -0.4 is 10.2 Å². The van der Waals surface area contributed by atoms with E-state index >= 15 is 0 Å². The average Bonchev–Trinajstić information content (AvgIpc) is 3.25. The van der Waals surface area contributed by atoms with Gasteiger partial charge in [-0.25, -0.2) is 0 Å². The molecule has 1 N–H and O–H groups in total. The van der Waals surface area contributed by atoms with Gasteiger partial charge < -0.3 is 19.5 Å². The first-order valence-corrected chi connectivity index (χ1v) is 9.28. The normalized spacial score (nSPS) is 14.2. The molecule has 2 aromatic heterocycles. The molecule has 28 heavy (non-hydrogen) atoms. The van der Waals surface area contributed by atoms with Gasteiger partial charge in [-0.05, 0) is 42.8 Å². The molecule has 144 valence electrons. The number of rotatable bonds is 4. The fraction of sp³-hybridized carbons (Fsp3) is 0.263. The van der Waals surface area contributed by atoms with Gasteiger partial charge in [0.05, 0.1) is 12.5 Å². The fourth-order valence-corrected chi connectivity index (χ4v) is 3.29. The molecular weight excluding hydrogens is 380 g/mol. The van der Waals surface area contributed by atoms with Crippen molar-refractivity contribution in [2.45, 2.75) is 6.92 Å². The minimum Gasteiger partial charge on any atom is -0.459 e. The van der Waals surface area contributed by atoms with Crippen LogP contribution in [-0.2, 0) is 0 Å². The Morgan fingerprint density at radius 3 is 2.75 bits per heavy atom. The maximum absolute atomic E-state index is 12.4. The highest BCUT2D eigenvalue weighted by Crippen LogP contribution is 2.23. The van der Waals surface area contributed by atoms with E-state index in [4.69, 9.17) is 16.0 Å². The van der Waals surface area contributed by atoms with E-state index in [2.05, 4.69) is 20.5 Å². The number of furan rings is 1. The van der Waals surface area contributed by atoms with Crippen LogP contribution in [0.25, 0.3) is 0 Å². The van der Waals surface area contributed by atoms with Crippen molar-refractivity contribution >= 4 is 35.0 Å². The number of carbonyl (C=O) groups is 1. The number of piperazine rings is 1. The fourth-order valence-electron chi connectivity index (χ4n) is 3.06. The molecule has 0 saturated carbocycles. The zero-order chi connectivity index (χ0) is 19.5. The van der Waals surface area contributed by atoms with Gasteiger partial charge in [0.15, 0.2) is 11.6 Å². The zero-order valence-electron chi connectivity index (χ0n) is 15.3. The molecule has 0 unspecified atom stereocenters. The van der Waals surface area contributed by atoms with Crippen LogP contribution in [-0.4, -0.2) is 52.2 Å². The number of hydrogen-bond acceptors (Lipinski definition) is 7. The number of nitrogens with one attached hydrogen (secondary N) is 1. The smallest absolute Gasteiger partial charge is 0.289 e. The lowest BCUT2D eigenvalue weighted by Gasteiger charge is -2.34. The summed E-state index contributed by atoms with van der Waals surface area (Å²) in [5, 5.41) is 12.1. The van der Waals surface area contributed by atoms with E-state index in [1.54, 1.807) is 23.2 Å². The first-order valence-electron chi connectivity index (χ1n) is 8.91. The summed E-state index contributed by atoms with van der Waals surface area (Å²) in [6.07, 6.45) is 3.08. The predicted octanol–water partition coefficient (Wildman–Crippen LogP) is 3.13. The van der Waals surface area contributed by atoms with E-state index in [1.807, 2.05) is 30.0 Å². The number of carbonyl (C=O) groups excluding carboxylic acids is 1. The molecule has 1 aliphatic rings. The van der Waals surface area contributed by atoms with Crippen molar-refractivity contribution in [2.24, 2.45) is 0 Å². The molecule has 8 nitrogen and oxygen atoms in total. The standard InChI is InChI=1S/C19H19ClN6O2/c1-13-11-14(20)4-5-15(13)22-17-12-21-24-19(23-17)26-8-6-25(7-9-26)18(27)16-3-2-10-28-16/h2-5,10-12H,6-9H2,1H3,(H,22,23,24). The summed E-state index contributed by atoms with van der Waals surface area (Å²) in [6, 6.07) is 8.99. The van der Waals surface area contributed by atoms with Crippen molar-refractivity contribution < 1.29 is 9.21 Å². The van der Waals surface area contributed by atoms with Gasteiger partial charge in [-0.2, -0.15) is 10.1 Å². The van der Waals surface area contributed by atoms with Crippen LogP contribution in [0.5, 0.6) is 0 Å². The van der Waals surface area contributed by atoms with Crippen molar-refractivity contribution in [1.82, 2.24) is 20.1 Å². The quantitative estimate of drug-likeness (QED) is 0.722. The summed E-state index contributed by atoms with van der Waals surface area (Å²) < 4.78 is 5.19. The number of nitrogens with zero attached hydrogens (tertiary/aromatic N) is 5. The number of benzene rings is 1. The van der Waals surface area contributed by atoms with Crippen LogP contribution in [0, 0.1) is 6.92 Å². The minimum atomic E-state index is -0.0997. The number of halogens is 1. The van der Waals surface area contributed by atoms with Gasteiger partial charge in [-0.3, -0.25) is 4.79 Å². The Bertz CT molecular complexity index is 970. The monoisotopic (exact) mass is 398 g/mol. The van der Waals surface area contributed by atoms with E-state index in [-0.39, 0.29) is 5.91 Å². The molecule has 3 aromatic rings. The molecule has 1 aromatic carbocycles. The number of aryl methyl sites for hydroxylation is 1. The van der Waals surface area contributed by atoms with E-state index in [1.165, 1.54) is 6.26 Å². The Kier molecular flexibility index (Phi) is 5.12. The Morgan fingerprint density at radius 1 is 1.21 bits per heavy atom. The minimum absolute atomic E-state index is 0.0997. The summed E-state index contributed by atoms with van der Waals surface area (Å²) >= 11 is 6.01. The summed E-state index contributed by atoms with van der Waals surface area (Å²) in [5.41, 5.74) is 1.92. The van der Waals surface area contributed by atoms with Crippen LogP contribution in [0.15, 0.2) is 47.2 Å². The Balaban J connectivity index is 1.42. The summed E-state index contributed by atoms with van der Waals surface area (Å²) in [7, 11) is 0. The molecule has 9 heteroatoms. The van der Waals surface area contributed by atoms with Crippen molar-refractivity contribution in [3.05, 3.63) is 59.1 Å². The molecule has 0 aliphatic carbocycles. The Hall–Kier alpha value is -3.13. The van der Waals surface area contributed by atoms with Crippen LogP contribution >= 0.6 is 11.6 Å². The van der Waals surface area contributed by atoms with Gasteiger partial charge in [0.25, 0.3) is 5.91 Å². The van der Waals surface area contributed by atoms with Crippen LogP contribution in [0.1, 0.15) is 16.1 Å². The molecule has 4 rings (SSSR count). The van der Waals surface area contributed by atoms with Crippen molar-refractivity contribution in [1.29, 1.82) is 0 Å². The topological polar surface area (TPSA) is 87.4 Å². The Morgan fingerprint density at radius 2 is 2.04 bits per heavy atom. The van der Waals surface area contributed by atoms with Gasteiger partial charge in [0.1, 0.15) is 0 Å². The van der Waals surface area contributed by atoms with Crippen LogP contribution in [0.2, 0.25) is 5.02 Å². The summed E-state index contributed by atoms with van der Waals surface area (Å²) in [6.45, 7) is 4.35. The highest BCUT2D eigenvalue weighted by atomic mass is 35.5. The molecule has 0 spiro atoms. The van der Waals surface area contributed by atoms with Gasteiger partial charge in [0, 0.05) is 36.9 Å². The van der Waals surface area contributed by atoms with Gasteiger partial charge in [-0.1, -0.05) is 11.6 Å². The van der Waals surface area contributed by atoms with Crippen molar-refractivity contribution in [3.63, 3.8) is 0 Å². The molecule has 1 saturated heterocycles. The van der Waals surface area contributed by atoms with Gasteiger partial charge in [-0.15, -0.1) is 5.10 Å². The zero-order valence-corrected chi connectivity index (χ0v) is 16.1. The largest absolute Gasteiger partial charge is 0.459 e. The molecule has 1 aliphatic heterocycles. The van der Waals surface area contributed by atoms with Crippen molar-refractivity contribution in [2.75, 3.05) is 36.4 Å². The van der Waals surface area contributed by atoms with Crippen molar-refractivity contribution in [3.8, 4) is 0 Å².